The number of hydrogen-bond donors (Lipinski definition) is 1. The molecule has 0 aromatic carbocycles. The van der Waals surface area contributed by atoms with E-state index in [1.165, 1.54) is 37.9 Å². The zero-order chi connectivity index (χ0) is 14.8. The standard InChI is InChI=1S/C17H29N3O/c1-4-18-10-17-9-14(13(2)21-17)11-20-8-7-15-5-6-16(12-20)19(15)3/h9,15-16,18H,4-8,10-12H2,1-3H3. The Kier molecular flexibility index (Phi) is 4.67. The van der Waals surface area contributed by atoms with Gasteiger partial charge in [0, 0.05) is 37.3 Å². The van der Waals surface area contributed by atoms with E-state index in [1.807, 2.05) is 0 Å². The molecule has 0 saturated carbocycles. The Morgan fingerprint density at radius 1 is 1.29 bits per heavy atom. The maximum Gasteiger partial charge on any atom is 0.118 e. The fraction of sp³-hybridized carbons (Fsp3) is 0.765. The molecule has 3 rings (SSSR count). The lowest BCUT2D eigenvalue weighted by Gasteiger charge is -2.25. The van der Waals surface area contributed by atoms with Gasteiger partial charge < -0.3 is 9.73 Å². The molecule has 2 fully saturated rings. The van der Waals surface area contributed by atoms with E-state index in [0.29, 0.717) is 0 Å². The second-order valence-corrected chi connectivity index (χ2v) is 6.65. The van der Waals surface area contributed by atoms with Crippen molar-refractivity contribution < 1.29 is 4.42 Å². The minimum Gasteiger partial charge on any atom is -0.465 e. The van der Waals surface area contributed by atoms with Crippen molar-refractivity contribution in [2.75, 3.05) is 26.7 Å². The Bertz CT molecular complexity index is 471. The first-order valence-electron chi connectivity index (χ1n) is 8.40. The minimum atomic E-state index is 0.755. The molecule has 0 aliphatic carbocycles. The summed E-state index contributed by atoms with van der Waals surface area (Å²) in [4.78, 5) is 5.23. The molecule has 2 atom stereocenters. The van der Waals surface area contributed by atoms with Gasteiger partial charge in [0.25, 0.3) is 0 Å². The molecule has 1 aromatic heterocycles. The van der Waals surface area contributed by atoms with Crippen LogP contribution < -0.4 is 5.32 Å². The smallest absolute Gasteiger partial charge is 0.118 e. The topological polar surface area (TPSA) is 31.6 Å². The highest BCUT2D eigenvalue weighted by molar-refractivity contribution is 5.21. The van der Waals surface area contributed by atoms with E-state index >= 15 is 0 Å². The maximum atomic E-state index is 5.87. The molecule has 0 amide bonds. The summed E-state index contributed by atoms with van der Waals surface area (Å²) >= 11 is 0. The van der Waals surface area contributed by atoms with E-state index < -0.39 is 0 Å². The van der Waals surface area contributed by atoms with Crippen LogP contribution in [0.3, 0.4) is 0 Å². The number of likely N-dealkylation sites (tertiary alicyclic amines) is 1. The third-order valence-electron chi connectivity index (χ3n) is 5.25. The number of hydrogen-bond acceptors (Lipinski definition) is 4. The van der Waals surface area contributed by atoms with Crippen LogP contribution in [-0.4, -0.2) is 48.6 Å². The number of rotatable bonds is 5. The van der Waals surface area contributed by atoms with Crippen molar-refractivity contribution in [1.82, 2.24) is 15.1 Å². The summed E-state index contributed by atoms with van der Waals surface area (Å²) in [5, 5.41) is 3.33. The highest BCUT2D eigenvalue weighted by Crippen LogP contribution is 2.29. The molecule has 1 N–H and O–H groups in total. The number of fused-ring (bicyclic) bond motifs is 2. The lowest BCUT2D eigenvalue weighted by Crippen LogP contribution is -2.36. The van der Waals surface area contributed by atoms with Gasteiger partial charge in [-0.2, -0.15) is 0 Å². The molecule has 3 heterocycles. The van der Waals surface area contributed by atoms with Gasteiger partial charge in [0.1, 0.15) is 11.5 Å². The average molecular weight is 291 g/mol. The van der Waals surface area contributed by atoms with Gasteiger partial charge in [0.2, 0.25) is 0 Å². The number of furan rings is 1. The molecule has 21 heavy (non-hydrogen) atoms. The first kappa shape index (κ1) is 15.1. The fourth-order valence-corrected chi connectivity index (χ4v) is 3.84. The number of nitrogens with one attached hydrogen (secondary N) is 1. The van der Waals surface area contributed by atoms with E-state index in [2.05, 4.69) is 42.1 Å². The SMILES string of the molecule is CCNCc1cc(CN2CCC3CCC(C2)N3C)c(C)o1. The van der Waals surface area contributed by atoms with E-state index in [0.717, 1.165) is 43.2 Å². The van der Waals surface area contributed by atoms with Crippen molar-refractivity contribution >= 4 is 0 Å². The van der Waals surface area contributed by atoms with E-state index in [1.54, 1.807) is 0 Å². The molecule has 2 aliphatic heterocycles. The third kappa shape index (κ3) is 3.33. The molecular formula is C17H29N3O. The second-order valence-electron chi connectivity index (χ2n) is 6.65. The Morgan fingerprint density at radius 3 is 2.90 bits per heavy atom. The van der Waals surface area contributed by atoms with E-state index in [-0.39, 0.29) is 0 Å². The summed E-state index contributed by atoms with van der Waals surface area (Å²) < 4.78 is 5.87. The molecule has 2 unspecified atom stereocenters. The summed E-state index contributed by atoms with van der Waals surface area (Å²) in [7, 11) is 2.31. The van der Waals surface area contributed by atoms with Crippen LogP contribution in [0.4, 0.5) is 0 Å². The molecular weight excluding hydrogens is 262 g/mol. The maximum absolute atomic E-state index is 5.87. The number of likely N-dealkylation sites (N-methyl/N-ethyl adjacent to an activating group) is 1. The normalized spacial score (nSPS) is 27.2. The van der Waals surface area contributed by atoms with Crippen LogP contribution in [0.2, 0.25) is 0 Å². The van der Waals surface area contributed by atoms with Crippen LogP contribution in [0.15, 0.2) is 10.5 Å². The van der Waals surface area contributed by atoms with E-state index in [4.69, 9.17) is 4.42 Å². The summed E-state index contributed by atoms with van der Waals surface area (Å²) in [5.41, 5.74) is 1.36. The molecule has 2 aliphatic rings. The van der Waals surface area contributed by atoms with Gasteiger partial charge in [-0.05, 0) is 45.8 Å². The van der Waals surface area contributed by atoms with Gasteiger partial charge in [0.15, 0.2) is 0 Å². The molecule has 0 radical (unpaired) electrons. The summed E-state index contributed by atoms with van der Waals surface area (Å²) in [5.74, 6) is 2.16. The van der Waals surface area contributed by atoms with Crippen LogP contribution in [0, 0.1) is 6.92 Å². The zero-order valence-electron chi connectivity index (χ0n) is 13.7. The highest BCUT2D eigenvalue weighted by atomic mass is 16.3. The molecule has 2 bridgehead atoms. The van der Waals surface area contributed by atoms with Gasteiger partial charge >= 0.3 is 0 Å². The first-order valence-corrected chi connectivity index (χ1v) is 8.40. The monoisotopic (exact) mass is 291 g/mol. The van der Waals surface area contributed by atoms with Crippen LogP contribution in [0.1, 0.15) is 43.3 Å². The molecule has 2 saturated heterocycles. The predicted molar refractivity (Wildman–Crippen MR) is 85.3 cm³/mol. The minimum absolute atomic E-state index is 0.755. The van der Waals surface area contributed by atoms with Crippen molar-refractivity contribution in [2.45, 2.75) is 58.3 Å². The van der Waals surface area contributed by atoms with E-state index in [9.17, 15) is 0 Å². The first-order chi connectivity index (χ1) is 10.2. The van der Waals surface area contributed by atoms with Gasteiger partial charge in [-0.15, -0.1) is 0 Å². The molecule has 4 nitrogen and oxygen atoms in total. The third-order valence-corrected chi connectivity index (χ3v) is 5.25. The molecule has 1 aromatic rings. The fourth-order valence-electron chi connectivity index (χ4n) is 3.84. The van der Waals surface area contributed by atoms with Crippen molar-refractivity contribution in [2.24, 2.45) is 0 Å². The summed E-state index contributed by atoms with van der Waals surface area (Å²) in [6, 6.07) is 3.81. The summed E-state index contributed by atoms with van der Waals surface area (Å²) in [6.07, 6.45) is 4.08. The largest absolute Gasteiger partial charge is 0.465 e. The van der Waals surface area contributed by atoms with Crippen LogP contribution in [-0.2, 0) is 13.1 Å². The molecule has 0 spiro atoms. The lowest BCUT2D eigenvalue weighted by molar-refractivity contribution is 0.214. The van der Waals surface area contributed by atoms with Gasteiger partial charge in [0.05, 0.1) is 6.54 Å². The van der Waals surface area contributed by atoms with Gasteiger partial charge in [-0.3, -0.25) is 9.80 Å². The Labute approximate surface area is 128 Å². The molecule has 4 heteroatoms. The lowest BCUT2D eigenvalue weighted by atomic mass is 10.1. The quantitative estimate of drug-likeness (QED) is 0.902. The Morgan fingerprint density at radius 2 is 2.10 bits per heavy atom. The van der Waals surface area contributed by atoms with Gasteiger partial charge in [-0.1, -0.05) is 6.92 Å². The zero-order valence-corrected chi connectivity index (χ0v) is 13.7. The highest BCUT2D eigenvalue weighted by Gasteiger charge is 2.34. The van der Waals surface area contributed by atoms with Gasteiger partial charge in [-0.25, -0.2) is 0 Å². The van der Waals surface area contributed by atoms with Crippen molar-refractivity contribution in [3.05, 3.63) is 23.2 Å². The average Bonchev–Trinajstić information content (AvgIpc) is 2.91. The Balaban J connectivity index is 1.62. The van der Waals surface area contributed by atoms with Crippen molar-refractivity contribution in [3.8, 4) is 0 Å². The van der Waals surface area contributed by atoms with Crippen LogP contribution in [0.25, 0.3) is 0 Å². The Hall–Kier alpha value is -0.840. The van der Waals surface area contributed by atoms with Crippen molar-refractivity contribution in [3.63, 3.8) is 0 Å². The number of nitrogens with zero attached hydrogens (tertiary/aromatic N) is 2. The summed E-state index contributed by atoms with van der Waals surface area (Å²) in [6.45, 7) is 9.51. The van der Waals surface area contributed by atoms with Crippen molar-refractivity contribution in [1.29, 1.82) is 0 Å². The van der Waals surface area contributed by atoms with Crippen LogP contribution >= 0.6 is 0 Å². The predicted octanol–water partition coefficient (Wildman–Crippen LogP) is 2.37. The van der Waals surface area contributed by atoms with Crippen LogP contribution in [0.5, 0.6) is 0 Å². The molecule has 118 valence electrons. The second kappa shape index (κ2) is 6.51. The number of aryl methyl sites for hydroxylation is 1.